The molecule has 1 aromatic heterocycles. The van der Waals surface area contributed by atoms with E-state index in [0.717, 1.165) is 28.9 Å². The van der Waals surface area contributed by atoms with Crippen LogP contribution in [-0.2, 0) is 9.59 Å². The summed E-state index contributed by atoms with van der Waals surface area (Å²) in [7, 11) is 0. The lowest BCUT2D eigenvalue weighted by atomic mass is 9.96. The van der Waals surface area contributed by atoms with Gasteiger partial charge in [0.15, 0.2) is 6.04 Å². The number of imide groups is 1. The maximum absolute atomic E-state index is 13.1. The van der Waals surface area contributed by atoms with Crippen molar-refractivity contribution in [2.45, 2.75) is 70.4 Å². The first kappa shape index (κ1) is 21.3. The molecular weight excluding hydrogens is 418 g/mol. The van der Waals surface area contributed by atoms with E-state index < -0.39 is 0 Å². The minimum atomic E-state index is -0.279. The van der Waals surface area contributed by atoms with Gasteiger partial charge in [-0.2, -0.15) is 0 Å². The molecule has 6 heteroatoms. The number of aromatic nitrogens is 1. The zero-order valence-corrected chi connectivity index (χ0v) is 19.4. The topological polar surface area (TPSA) is 66.9 Å². The monoisotopic (exact) mass is 448 g/mol. The fourth-order valence-electron chi connectivity index (χ4n) is 4.99. The molecule has 1 atom stereocenters. The Morgan fingerprint density at radius 1 is 0.969 bits per heavy atom. The van der Waals surface area contributed by atoms with Crippen LogP contribution in [0.4, 0.5) is 5.69 Å². The second-order valence-electron chi connectivity index (χ2n) is 9.21. The molecule has 5 nitrogen and oxygen atoms in total. The lowest BCUT2D eigenvalue weighted by Crippen LogP contribution is -2.96. The molecule has 2 aromatic carbocycles. The van der Waals surface area contributed by atoms with Gasteiger partial charge in [0.05, 0.1) is 28.4 Å². The molecule has 1 aliphatic carbocycles. The highest BCUT2D eigenvalue weighted by Gasteiger charge is 2.43. The number of anilines is 1. The van der Waals surface area contributed by atoms with Crippen LogP contribution in [0.3, 0.4) is 0 Å². The molecule has 1 aliphatic heterocycles. The zero-order chi connectivity index (χ0) is 22.1. The third kappa shape index (κ3) is 4.34. The number of carbonyl (C=O) groups is 2. The number of hydrogen-bond donors (Lipinski definition) is 1. The van der Waals surface area contributed by atoms with E-state index in [2.05, 4.69) is 24.4 Å². The Balaban J connectivity index is 1.30. The number of quaternary nitrogens is 1. The van der Waals surface area contributed by atoms with Crippen LogP contribution < -0.4 is 10.2 Å². The average molecular weight is 449 g/mol. The Morgan fingerprint density at radius 3 is 2.44 bits per heavy atom. The van der Waals surface area contributed by atoms with Crippen molar-refractivity contribution in [1.29, 1.82) is 0 Å². The molecule has 3 aromatic rings. The molecular formula is C26H30N3O2S+. The standard InChI is InChI=1S/C26H29N3O2S/c1-17-9-14-21-23(15-17)32-25(28-21)18-10-12-20(13-11-18)29-24(30)16-22(26(29)31)27-19-7-5-3-2-4-6-8-19/h9-15,19,22,27H,2-8,16H2,1H3/p+1/t22-/m1/s1. The molecule has 2 amide bonds. The Kier molecular flexibility index (Phi) is 6.07. The summed E-state index contributed by atoms with van der Waals surface area (Å²) in [6, 6.07) is 14.1. The third-order valence-corrected chi connectivity index (χ3v) is 7.82. The molecule has 2 fully saturated rings. The van der Waals surface area contributed by atoms with Gasteiger partial charge in [-0.05, 0) is 74.6 Å². The van der Waals surface area contributed by atoms with E-state index in [9.17, 15) is 9.59 Å². The largest absolute Gasteiger partial charge is 0.333 e. The van der Waals surface area contributed by atoms with Gasteiger partial charge in [-0.15, -0.1) is 11.3 Å². The minimum Gasteiger partial charge on any atom is -0.333 e. The van der Waals surface area contributed by atoms with E-state index in [1.165, 1.54) is 47.3 Å². The van der Waals surface area contributed by atoms with Crippen molar-refractivity contribution in [1.82, 2.24) is 4.98 Å². The summed E-state index contributed by atoms with van der Waals surface area (Å²) in [5.41, 5.74) is 3.88. The zero-order valence-electron chi connectivity index (χ0n) is 18.5. The predicted molar refractivity (Wildman–Crippen MR) is 129 cm³/mol. The number of benzene rings is 2. The third-order valence-electron chi connectivity index (χ3n) is 6.75. The average Bonchev–Trinajstić information content (AvgIpc) is 3.30. The van der Waals surface area contributed by atoms with Crippen molar-refractivity contribution < 1.29 is 14.9 Å². The summed E-state index contributed by atoms with van der Waals surface area (Å²) in [6.07, 6.45) is 8.95. The van der Waals surface area contributed by atoms with Crippen molar-refractivity contribution in [2.75, 3.05) is 4.90 Å². The van der Waals surface area contributed by atoms with Crippen LogP contribution in [0.1, 0.15) is 56.9 Å². The SMILES string of the molecule is Cc1ccc2nc(-c3ccc(N4C(=O)C[C@@H]([NH2+]C5CCCCCCC5)C4=O)cc3)sc2c1. The van der Waals surface area contributed by atoms with Crippen molar-refractivity contribution >= 4 is 39.1 Å². The number of thiazole rings is 1. The summed E-state index contributed by atoms with van der Waals surface area (Å²) in [6.45, 7) is 2.08. The molecule has 2 aliphatic rings. The van der Waals surface area contributed by atoms with Gasteiger partial charge in [0.25, 0.3) is 5.91 Å². The normalized spacial score (nSPS) is 20.7. The van der Waals surface area contributed by atoms with Crippen LogP contribution in [0, 0.1) is 6.92 Å². The van der Waals surface area contributed by atoms with Gasteiger partial charge >= 0.3 is 0 Å². The van der Waals surface area contributed by atoms with Crippen molar-refractivity contribution in [3.63, 3.8) is 0 Å². The second kappa shape index (κ2) is 9.12. The summed E-state index contributed by atoms with van der Waals surface area (Å²) in [4.78, 5) is 32.0. The minimum absolute atomic E-state index is 0.0692. The Morgan fingerprint density at radius 2 is 1.69 bits per heavy atom. The van der Waals surface area contributed by atoms with Gasteiger partial charge in [-0.3, -0.25) is 9.59 Å². The number of hydrogen-bond acceptors (Lipinski definition) is 4. The molecule has 0 bridgehead atoms. The van der Waals surface area contributed by atoms with Crippen molar-refractivity contribution in [3.05, 3.63) is 48.0 Å². The second-order valence-corrected chi connectivity index (χ2v) is 10.2. The van der Waals surface area contributed by atoms with Crippen LogP contribution in [-0.4, -0.2) is 28.9 Å². The smallest absolute Gasteiger partial charge is 0.292 e. The number of fused-ring (bicyclic) bond motifs is 1. The van der Waals surface area contributed by atoms with Crippen LogP contribution >= 0.6 is 11.3 Å². The van der Waals surface area contributed by atoms with E-state index in [-0.39, 0.29) is 17.9 Å². The van der Waals surface area contributed by atoms with Gasteiger partial charge in [-0.1, -0.05) is 25.3 Å². The molecule has 1 saturated carbocycles. The number of nitrogens with two attached hydrogens (primary N) is 1. The van der Waals surface area contributed by atoms with E-state index in [4.69, 9.17) is 4.98 Å². The predicted octanol–water partition coefficient (Wildman–Crippen LogP) is 4.58. The first-order chi connectivity index (χ1) is 15.6. The van der Waals surface area contributed by atoms with E-state index in [0.29, 0.717) is 18.2 Å². The lowest BCUT2D eigenvalue weighted by Gasteiger charge is -2.21. The van der Waals surface area contributed by atoms with Gasteiger partial charge < -0.3 is 5.32 Å². The molecule has 0 unspecified atom stereocenters. The Hall–Kier alpha value is -2.57. The van der Waals surface area contributed by atoms with Crippen molar-refractivity contribution in [3.8, 4) is 10.6 Å². The van der Waals surface area contributed by atoms with E-state index in [1.54, 1.807) is 11.3 Å². The van der Waals surface area contributed by atoms with Crippen LogP contribution in [0.15, 0.2) is 42.5 Å². The maximum Gasteiger partial charge on any atom is 0.292 e. The molecule has 0 spiro atoms. The Bertz CT molecular complexity index is 1130. The molecule has 32 heavy (non-hydrogen) atoms. The number of amides is 2. The highest BCUT2D eigenvalue weighted by Crippen LogP contribution is 2.32. The summed E-state index contributed by atoms with van der Waals surface area (Å²) in [5.74, 6) is -0.162. The van der Waals surface area contributed by atoms with Crippen molar-refractivity contribution in [2.24, 2.45) is 0 Å². The molecule has 166 valence electrons. The molecule has 0 radical (unpaired) electrons. The summed E-state index contributed by atoms with van der Waals surface area (Å²) >= 11 is 1.66. The molecule has 2 heterocycles. The van der Waals surface area contributed by atoms with Gasteiger partial charge in [-0.25, -0.2) is 9.88 Å². The number of rotatable bonds is 4. The van der Waals surface area contributed by atoms with Gasteiger partial charge in [0, 0.05) is 5.56 Å². The van der Waals surface area contributed by atoms with Gasteiger partial charge in [0.1, 0.15) is 5.01 Å². The number of carbonyl (C=O) groups excluding carboxylic acids is 2. The van der Waals surface area contributed by atoms with Crippen LogP contribution in [0.25, 0.3) is 20.8 Å². The maximum atomic E-state index is 13.1. The molecule has 2 N–H and O–H groups in total. The van der Waals surface area contributed by atoms with Gasteiger partial charge in [0.2, 0.25) is 5.91 Å². The highest BCUT2D eigenvalue weighted by molar-refractivity contribution is 7.21. The first-order valence-corrected chi connectivity index (χ1v) is 12.6. The highest BCUT2D eigenvalue weighted by atomic mass is 32.1. The summed E-state index contributed by atoms with van der Waals surface area (Å²) in [5, 5.41) is 3.13. The molecule has 1 saturated heterocycles. The van der Waals surface area contributed by atoms with Crippen LogP contribution in [0.5, 0.6) is 0 Å². The van der Waals surface area contributed by atoms with E-state index in [1.807, 2.05) is 30.3 Å². The fourth-order valence-corrected chi connectivity index (χ4v) is 6.06. The van der Waals surface area contributed by atoms with Crippen LogP contribution in [0.2, 0.25) is 0 Å². The lowest BCUT2D eigenvalue weighted by molar-refractivity contribution is -0.709. The quantitative estimate of drug-likeness (QED) is 0.594. The number of aryl methyl sites for hydroxylation is 1. The fraction of sp³-hybridized carbons (Fsp3) is 0.423. The summed E-state index contributed by atoms with van der Waals surface area (Å²) < 4.78 is 1.17. The van der Waals surface area contributed by atoms with E-state index >= 15 is 0 Å². The first-order valence-electron chi connectivity index (χ1n) is 11.8. The number of nitrogens with zero attached hydrogens (tertiary/aromatic N) is 2. The Labute approximate surface area is 192 Å². The molecule has 5 rings (SSSR count).